The van der Waals surface area contributed by atoms with Crippen molar-refractivity contribution in [1.29, 1.82) is 0 Å². The zero-order valence-electron chi connectivity index (χ0n) is 18.7. The zero-order valence-corrected chi connectivity index (χ0v) is 18.7. The van der Waals surface area contributed by atoms with Crippen LogP contribution in [0.1, 0.15) is 28.4 Å². The van der Waals surface area contributed by atoms with Crippen molar-refractivity contribution in [2.24, 2.45) is 4.99 Å². The topological polar surface area (TPSA) is 45.1 Å². The first kappa shape index (κ1) is 22.9. The largest absolute Gasteiger partial charge is 0.454 e. The molecule has 1 unspecified atom stereocenters. The van der Waals surface area contributed by atoms with E-state index in [0.717, 1.165) is 12.1 Å². The van der Waals surface area contributed by atoms with Gasteiger partial charge in [-0.3, -0.25) is 4.79 Å². The summed E-state index contributed by atoms with van der Waals surface area (Å²) in [5, 5.41) is 0. The molecule has 35 heavy (non-hydrogen) atoms. The molecule has 1 fully saturated rings. The number of rotatable bonds is 1. The molecule has 2 aliphatic heterocycles. The third kappa shape index (κ3) is 4.34. The Morgan fingerprint density at radius 3 is 2.49 bits per heavy atom. The fraction of sp³-hybridized carbons (Fsp3) is 0.231. The van der Waals surface area contributed by atoms with Crippen LogP contribution in [0.2, 0.25) is 0 Å². The second kappa shape index (κ2) is 8.72. The predicted octanol–water partition coefficient (Wildman–Crippen LogP) is 5.88. The lowest BCUT2D eigenvalue weighted by molar-refractivity contribution is -0.137. The highest BCUT2D eigenvalue weighted by Crippen LogP contribution is 2.42. The maximum absolute atomic E-state index is 14.2. The smallest absolute Gasteiger partial charge is 0.416 e. The summed E-state index contributed by atoms with van der Waals surface area (Å²) in [5.41, 5.74) is -0.101. The van der Waals surface area contributed by atoms with Gasteiger partial charge in [0, 0.05) is 25.7 Å². The number of carbonyl (C=O) groups excluding carboxylic acids is 1. The van der Waals surface area contributed by atoms with E-state index in [1.54, 1.807) is 35.2 Å². The van der Waals surface area contributed by atoms with Gasteiger partial charge >= 0.3 is 6.18 Å². The lowest BCUT2D eigenvalue weighted by Crippen LogP contribution is -2.55. The predicted molar refractivity (Wildman–Crippen MR) is 123 cm³/mol. The van der Waals surface area contributed by atoms with E-state index >= 15 is 0 Å². The Hall–Kier alpha value is -3.88. The molecule has 3 aromatic carbocycles. The van der Waals surface area contributed by atoms with Crippen molar-refractivity contribution in [3.05, 3.63) is 89.2 Å². The summed E-state index contributed by atoms with van der Waals surface area (Å²) < 4.78 is 60.2. The van der Waals surface area contributed by atoms with Crippen molar-refractivity contribution in [2.75, 3.05) is 19.6 Å². The number of fused-ring (bicyclic) bond motifs is 2. The average molecular weight is 483 g/mol. The van der Waals surface area contributed by atoms with Crippen molar-refractivity contribution >= 4 is 17.4 Å². The first-order valence-electron chi connectivity index (χ1n) is 11.1. The molecule has 0 spiro atoms. The molecule has 0 aliphatic carbocycles. The standard InChI is InChI=1S/C26H21F4N3O2/c1-16-15-32(12-13-33(16)25(34)18-6-2-4-8-20(18)27)24-19-7-3-5-9-22(19)35-23-11-10-17(26(28,29)30)14-21(23)31-24/h2-11,14,16H,12-13,15H2,1H3. The van der Waals surface area contributed by atoms with Crippen LogP contribution in [0.3, 0.4) is 0 Å². The molecule has 9 heteroatoms. The number of amidine groups is 1. The fourth-order valence-electron chi connectivity index (χ4n) is 4.38. The maximum atomic E-state index is 14.2. The number of halogens is 4. The Labute approximate surface area is 199 Å². The molecule has 1 saturated heterocycles. The third-order valence-electron chi connectivity index (χ3n) is 6.15. The number of piperazine rings is 1. The highest BCUT2D eigenvalue weighted by molar-refractivity contribution is 6.04. The van der Waals surface area contributed by atoms with Crippen LogP contribution >= 0.6 is 0 Å². The number of amides is 1. The third-order valence-corrected chi connectivity index (χ3v) is 6.15. The molecular weight excluding hydrogens is 462 g/mol. The second-order valence-electron chi connectivity index (χ2n) is 8.49. The summed E-state index contributed by atoms with van der Waals surface area (Å²) in [7, 11) is 0. The van der Waals surface area contributed by atoms with Crippen LogP contribution in [0.25, 0.3) is 0 Å². The molecule has 0 N–H and O–H groups in total. The number of aliphatic imine (C=N–C) groups is 1. The van der Waals surface area contributed by atoms with Gasteiger partial charge in [0.2, 0.25) is 0 Å². The lowest BCUT2D eigenvalue weighted by atomic mass is 10.1. The zero-order chi connectivity index (χ0) is 24.7. The highest BCUT2D eigenvalue weighted by atomic mass is 19.4. The summed E-state index contributed by atoms with van der Waals surface area (Å²) >= 11 is 0. The summed E-state index contributed by atoms with van der Waals surface area (Å²) in [6.07, 6.45) is -4.52. The van der Waals surface area contributed by atoms with Crippen molar-refractivity contribution in [3.63, 3.8) is 0 Å². The van der Waals surface area contributed by atoms with Gasteiger partial charge in [-0.15, -0.1) is 0 Å². The quantitative estimate of drug-likeness (QED) is 0.407. The van der Waals surface area contributed by atoms with E-state index in [9.17, 15) is 22.4 Å². The molecule has 1 amide bonds. The van der Waals surface area contributed by atoms with Gasteiger partial charge in [0.15, 0.2) is 5.75 Å². The Morgan fingerprint density at radius 2 is 1.74 bits per heavy atom. The summed E-state index contributed by atoms with van der Waals surface area (Å²) in [6.45, 7) is 2.87. The monoisotopic (exact) mass is 483 g/mol. The minimum absolute atomic E-state index is 0.00644. The van der Waals surface area contributed by atoms with Gasteiger partial charge < -0.3 is 14.5 Å². The number of carbonyl (C=O) groups is 1. The summed E-state index contributed by atoms with van der Waals surface area (Å²) in [4.78, 5) is 21.1. The van der Waals surface area contributed by atoms with E-state index in [0.29, 0.717) is 36.8 Å². The number of para-hydroxylation sites is 1. The minimum Gasteiger partial charge on any atom is -0.454 e. The Kier molecular flexibility index (Phi) is 5.70. The van der Waals surface area contributed by atoms with Gasteiger partial charge in [0.1, 0.15) is 23.1 Å². The van der Waals surface area contributed by atoms with Crippen molar-refractivity contribution in [1.82, 2.24) is 9.80 Å². The molecule has 2 heterocycles. The van der Waals surface area contributed by atoms with Gasteiger partial charge in [-0.05, 0) is 49.4 Å². The van der Waals surface area contributed by atoms with E-state index in [1.807, 2.05) is 11.8 Å². The highest BCUT2D eigenvalue weighted by Gasteiger charge is 2.34. The van der Waals surface area contributed by atoms with Crippen LogP contribution in [-0.4, -0.2) is 47.2 Å². The number of benzene rings is 3. The lowest BCUT2D eigenvalue weighted by Gasteiger charge is -2.41. The Bertz CT molecular complexity index is 1320. The summed E-state index contributed by atoms with van der Waals surface area (Å²) in [5.74, 6) is 0.179. The molecule has 3 aromatic rings. The molecule has 0 radical (unpaired) electrons. The summed E-state index contributed by atoms with van der Waals surface area (Å²) in [6, 6.07) is 15.9. The van der Waals surface area contributed by atoms with Crippen LogP contribution in [0.5, 0.6) is 11.5 Å². The van der Waals surface area contributed by atoms with Gasteiger partial charge in [0.05, 0.1) is 16.7 Å². The van der Waals surface area contributed by atoms with E-state index in [2.05, 4.69) is 4.99 Å². The second-order valence-corrected chi connectivity index (χ2v) is 8.49. The first-order valence-corrected chi connectivity index (χ1v) is 11.1. The Morgan fingerprint density at radius 1 is 1.00 bits per heavy atom. The fourth-order valence-corrected chi connectivity index (χ4v) is 4.38. The van der Waals surface area contributed by atoms with E-state index < -0.39 is 23.5 Å². The molecule has 1 atom stereocenters. The number of hydrogen-bond acceptors (Lipinski definition) is 4. The van der Waals surface area contributed by atoms with E-state index in [1.165, 1.54) is 24.3 Å². The maximum Gasteiger partial charge on any atom is 0.416 e. The molecule has 5 nitrogen and oxygen atoms in total. The SMILES string of the molecule is CC1CN(C2=Nc3cc(C(F)(F)F)ccc3Oc3ccccc32)CCN1C(=O)c1ccccc1F. The molecule has 0 bridgehead atoms. The van der Waals surface area contributed by atoms with Crippen LogP contribution < -0.4 is 4.74 Å². The van der Waals surface area contributed by atoms with Crippen molar-refractivity contribution in [2.45, 2.75) is 19.1 Å². The molecule has 5 rings (SSSR count). The van der Waals surface area contributed by atoms with Crippen LogP contribution in [0.4, 0.5) is 23.2 Å². The van der Waals surface area contributed by atoms with Crippen LogP contribution in [0.15, 0.2) is 71.7 Å². The van der Waals surface area contributed by atoms with Crippen molar-refractivity contribution in [3.8, 4) is 11.5 Å². The van der Waals surface area contributed by atoms with Gasteiger partial charge in [-0.1, -0.05) is 24.3 Å². The minimum atomic E-state index is -4.52. The van der Waals surface area contributed by atoms with E-state index in [4.69, 9.17) is 4.74 Å². The van der Waals surface area contributed by atoms with Gasteiger partial charge in [0.25, 0.3) is 5.91 Å². The van der Waals surface area contributed by atoms with Gasteiger partial charge in [-0.2, -0.15) is 13.2 Å². The number of hydrogen-bond donors (Lipinski definition) is 0. The molecule has 0 aromatic heterocycles. The van der Waals surface area contributed by atoms with E-state index in [-0.39, 0.29) is 23.0 Å². The molecular formula is C26H21F4N3O2. The first-order chi connectivity index (χ1) is 16.7. The number of ether oxygens (including phenoxy) is 1. The Balaban J connectivity index is 1.48. The van der Waals surface area contributed by atoms with Crippen molar-refractivity contribution < 1.29 is 27.1 Å². The normalized spacial score (nSPS) is 17.6. The molecule has 180 valence electrons. The van der Waals surface area contributed by atoms with Crippen LogP contribution in [-0.2, 0) is 6.18 Å². The number of alkyl halides is 3. The van der Waals surface area contributed by atoms with Gasteiger partial charge in [-0.25, -0.2) is 9.38 Å². The van der Waals surface area contributed by atoms with Crippen LogP contribution in [0, 0.1) is 5.82 Å². The number of nitrogens with zero attached hydrogens (tertiary/aromatic N) is 3. The molecule has 2 aliphatic rings. The average Bonchev–Trinajstić information content (AvgIpc) is 2.99. The molecule has 0 saturated carbocycles.